The van der Waals surface area contributed by atoms with Gasteiger partial charge in [0.2, 0.25) is 0 Å². The maximum absolute atomic E-state index is 11.8. The second-order valence-corrected chi connectivity index (χ2v) is 8.06. The van der Waals surface area contributed by atoms with Crippen molar-refractivity contribution in [2.45, 2.75) is 65.7 Å². The molecule has 0 heterocycles. The zero-order valence-corrected chi connectivity index (χ0v) is 14.5. The van der Waals surface area contributed by atoms with Gasteiger partial charge in [-0.2, -0.15) is 0 Å². The van der Waals surface area contributed by atoms with Crippen molar-refractivity contribution in [1.82, 2.24) is 0 Å². The fourth-order valence-corrected chi connectivity index (χ4v) is 5.30. The Labute approximate surface area is 135 Å². The first-order chi connectivity index (χ1) is 10.4. The molecule has 0 saturated heterocycles. The Morgan fingerprint density at radius 1 is 1.41 bits per heavy atom. The highest BCUT2D eigenvalue weighted by molar-refractivity contribution is 5.60. The minimum absolute atomic E-state index is 0.126. The number of hydrogen-bond acceptors (Lipinski definition) is 2. The molecule has 0 spiro atoms. The Kier molecular flexibility index (Phi) is 5.32. The molecule has 2 heteroatoms. The van der Waals surface area contributed by atoms with Crippen molar-refractivity contribution in [3.8, 4) is 0 Å². The molecule has 0 aliphatic heterocycles. The summed E-state index contributed by atoms with van der Waals surface area (Å²) in [4.78, 5) is 11.8. The molecule has 22 heavy (non-hydrogen) atoms. The van der Waals surface area contributed by atoms with Crippen LogP contribution in [0.15, 0.2) is 23.8 Å². The van der Waals surface area contributed by atoms with Crippen LogP contribution in [-0.4, -0.2) is 18.0 Å². The lowest BCUT2D eigenvalue weighted by Crippen LogP contribution is -2.51. The molecule has 4 atom stereocenters. The summed E-state index contributed by atoms with van der Waals surface area (Å²) >= 11 is 0. The van der Waals surface area contributed by atoms with Gasteiger partial charge in [-0.05, 0) is 62.7 Å². The van der Waals surface area contributed by atoms with Crippen LogP contribution in [-0.2, 0) is 4.79 Å². The van der Waals surface area contributed by atoms with Crippen LogP contribution in [0, 0.1) is 22.7 Å². The van der Waals surface area contributed by atoms with Crippen LogP contribution < -0.4 is 0 Å². The number of hydrogen-bond donors (Lipinski definition) is 1. The molecule has 0 aromatic rings. The summed E-state index contributed by atoms with van der Waals surface area (Å²) in [5, 5.41) is 9.03. The molecule has 2 saturated carbocycles. The SMILES string of the molecule is C=C1CC[C@H]2[C@](C)(CCC[C@@]2(C)C=O)[C@H]1CC/C(C)=C/CO. The van der Waals surface area contributed by atoms with Crippen LogP contribution in [0.5, 0.6) is 0 Å². The van der Waals surface area contributed by atoms with Gasteiger partial charge < -0.3 is 9.90 Å². The van der Waals surface area contributed by atoms with E-state index in [4.69, 9.17) is 5.11 Å². The van der Waals surface area contributed by atoms with Crippen molar-refractivity contribution < 1.29 is 9.90 Å². The molecular weight excluding hydrogens is 272 g/mol. The molecule has 2 rings (SSSR count). The molecule has 0 unspecified atom stereocenters. The van der Waals surface area contributed by atoms with Gasteiger partial charge in [0.1, 0.15) is 6.29 Å². The predicted octanol–water partition coefficient (Wildman–Crippen LogP) is 4.68. The average Bonchev–Trinajstić information content (AvgIpc) is 2.46. The van der Waals surface area contributed by atoms with E-state index in [2.05, 4.69) is 27.4 Å². The predicted molar refractivity (Wildman–Crippen MR) is 91.6 cm³/mol. The standard InChI is InChI=1S/C20H32O2/c1-15(10-13-21)6-8-17-16(2)7-9-18-19(3,14-22)11-5-12-20(17,18)4/h10,14,17-18,21H,2,5-9,11-13H2,1,3-4H3/b15-10+/t17-,18+,19-,20+/m0/s1. The Morgan fingerprint density at radius 3 is 2.77 bits per heavy atom. The number of aliphatic hydroxyl groups excluding tert-OH is 1. The van der Waals surface area contributed by atoms with E-state index in [1.165, 1.54) is 23.9 Å². The minimum Gasteiger partial charge on any atom is -0.392 e. The molecule has 2 fully saturated rings. The molecule has 0 bridgehead atoms. The Morgan fingerprint density at radius 2 is 2.14 bits per heavy atom. The lowest BCUT2D eigenvalue weighted by Gasteiger charge is -2.57. The van der Waals surface area contributed by atoms with Gasteiger partial charge in [-0.25, -0.2) is 0 Å². The highest BCUT2D eigenvalue weighted by Crippen LogP contribution is 2.61. The number of aliphatic hydroxyl groups is 1. The lowest BCUT2D eigenvalue weighted by atomic mass is 9.47. The van der Waals surface area contributed by atoms with Gasteiger partial charge in [0, 0.05) is 5.41 Å². The Hall–Kier alpha value is -0.890. The van der Waals surface area contributed by atoms with Crippen molar-refractivity contribution >= 4 is 6.29 Å². The van der Waals surface area contributed by atoms with E-state index in [1.807, 2.05) is 6.08 Å². The third-order valence-corrected chi connectivity index (χ3v) is 6.60. The molecule has 124 valence electrons. The molecule has 0 aromatic carbocycles. The molecule has 1 N–H and O–H groups in total. The first-order valence-electron chi connectivity index (χ1n) is 8.78. The highest BCUT2D eigenvalue weighted by atomic mass is 16.2. The first-order valence-corrected chi connectivity index (χ1v) is 8.78. The number of aldehydes is 1. The third-order valence-electron chi connectivity index (χ3n) is 6.60. The quantitative estimate of drug-likeness (QED) is 0.591. The smallest absolute Gasteiger partial charge is 0.126 e. The maximum atomic E-state index is 11.8. The third kappa shape index (κ3) is 3.08. The largest absolute Gasteiger partial charge is 0.392 e. The molecule has 2 aliphatic rings. The second kappa shape index (κ2) is 6.70. The number of allylic oxidation sites excluding steroid dienone is 2. The summed E-state index contributed by atoms with van der Waals surface area (Å²) < 4.78 is 0. The number of fused-ring (bicyclic) bond motifs is 1. The Balaban J connectivity index is 2.22. The van der Waals surface area contributed by atoms with Crippen LogP contribution in [0.1, 0.15) is 65.7 Å². The van der Waals surface area contributed by atoms with Gasteiger partial charge in [-0.1, -0.05) is 44.1 Å². The lowest BCUT2D eigenvalue weighted by molar-refractivity contribution is -0.130. The van der Waals surface area contributed by atoms with Crippen molar-refractivity contribution in [3.63, 3.8) is 0 Å². The normalized spacial score (nSPS) is 39.5. The summed E-state index contributed by atoms with van der Waals surface area (Å²) in [7, 11) is 0. The monoisotopic (exact) mass is 304 g/mol. The van der Waals surface area contributed by atoms with Gasteiger partial charge in [0.05, 0.1) is 6.61 Å². The van der Waals surface area contributed by atoms with Gasteiger partial charge in [-0.3, -0.25) is 0 Å². The molecular formula is C20H32O2. The van der Waals surface area contributed by atoms with E-state index in [0.29, 0.717) is 11.8 Å². The van der Waals surface area contributed by atoms with Gasteiger partial charge in [0.15, 0.2) is 0 Å². The zero-order valence-electron chi connectivity index (χ0n) is 14.5. The summed E-state index contributed by atoms with van der Waals surface area (Å²) in [6.45, 7) is 11.2. The average molecular weight is 304 g/mol. The summed E-state index contributed by atoms with van der Waals surface area (Å²) in [5.74, 6) is 0.997. The van der Waals surface area contributed by atoms with Crippen molar-refractivity contribution in [2.24, 2.45) is 22.7 Å². The molecule has 2 nitrogen and oxygen atoms in total. The fraction of sp³-hybridized carbons (Fsp3) is 0.750. The molecule has 0 aromatic heterocycles. The molecule has 0 radical (unpaired) electrons. The van der Waals surface area contributed by atoms with Crippen LogP contribution in [0.25, 0.3) is 0 Å². The van der Waals surface area contributed by atoms with E-state index in [1.54, 1.807) is 0 Å². The van der Waals surface area contributed by atoms with Gasteiger partial charge in [-0.15, -0.1) is 0 Å². The van der Waals surface area contributed by atoms with Crippen LogP contribution in [0.4, 0.5) is 0 Å². The first kappa shape index (κ1) is 17.5. The van der Waals surface area contributed by atoms with E-state index in [9.17, 15) is 4.79 Å². The van der Waals surface area contributed by atoms with Crippen molar-refractivity contribution in [3.05, 3.63) is 23.8 Å². The van der Waals surface area contributed by atoms with Crippen molar-refractivity contribution in [1.29, 1.82) is 0 Å². The molecule has 2 aliphatic carbocycles. The topological polar surface area (TPSA) is 37.3 Å². The van der Waals surface area contributed by atoms with Gasteiger partial charge in [0.25, 0.3) is 0 Å². The van der Waals surface area contributed by atoms with Crippen LogP contribution in [0.2, 0.25) is 0 Å². The highest BCUT2D eigenvalue weighted by Gasteiger charge is 2.54. The minimum atomic E-state index is -0.151. The van der Waals surface area contributed by atoms with Crippen molar-refractivity contribution in [2.75, 3.05) is 6.61 Å². The number of carbonyl (C=O) groups is 1. The van der Waals surface area contributed by atoms with E-state index in [0.717, 1.165) is 38.5 Å². The van der Waals surface area contributed by atoms with E-state index >= 15 is 0 Å². The fourth-order valence-electron chi connectivity index (χ4n) is 5.30. The van der Waals surface area contributed by atoms with E-state index in [-0.39, 0.29) is 17.4 Å². The Bertz CT molecular complexity index is 464. The molecule has 0 amide bonds. The van der Waals surface area contributed by atoms with Crippen LogP contribution >= 0.6 is 0 Å². The van der Waals surface area contributed by atoms with E-state index < -0.39 is 0 Å². The summed E-state index contributed by atoms with van der Waals surface area (Å²) in [6.07, 6.45) is 10.8. The van der Waals surface area contributed by atoms with Crippen LogP contribution in [0.3, 0.4) is 0 Å². The van der Waals surface area contributed by atoms with Gasteiger partial charge >= 0.3 is 0 Å². The number of carbonyl (C=O) groups excluding carboxylic acids is 1. The maximum Gasteiger partial charge on any atom is 0.126 e. The summed E-state index contributed by atoms with van der Waals surface area (Å²) in [6, 6.07) is 0. The number of rotatable bonds is 5. The zero-order chi connectivity index (χ0) is 16.4. The second-order valence-electron chi connectivity index (χ2n) is 8.06. The summed E-state index contributed by atoms with van der Waals surface area (Å²) in [5.41, 5.74) is 2.70.